The largest absolute Gasteiger partial charge is 0.492 e. The van der Waals surface area contributed by atoms with E-state index in [-0.39, 0.29) is 24.0 Å². The molecule has 1 aliphatic rings. The molecular weight excluding hydrogens is 515 g/mol. The van der Waals surface area contributed by atoms with Crippen LogP contribution in [0.1, 0.15) is 27.2 Å². The average Bonchev–Trinajstić information content (AvgIpc) is 3.16. The minimum atomic E-state index is -3.18. The average molecular weight is 553 g/mol. The van der Waals surface area contributed by atoms with Gasteiger partial charge in [0.15, 0.2) is 15.8 Å². The summed E-state index contributed by atoms with van der Waals surface area (Å²) in [6.45, 7) is 13.8. The van der Waals surface area contributed by atoms with Crippen LogP contribution in [0.4, 0.5) is 0 Å². The number of likely N-dealkylation sites (tertiary alicyclic amines) is 1. The Kier molecular flexibility index (Phi) is 12.0. The summed E-state index contributed by atoms with van der Waals surface area (Å²) in [5.41, 5.74) is 0. The molecule has 1 unspecified atom stereocenters. The molecule has 9 heteroatoms. The van der Waals surface area contributed by atoms with Gasteiger partial charge >= 0.3 is 0 Å². The number of nitrogens with zero attached hydrogens (tertiary/aromatic N) is 3. The van der Waals surface area contributed by atoms with Crippen molar-refractivity contribution in [2.24, 2.45) is 10.9 Å². The van der Waals surface area contributed by atoms with Gasteiger partial charge in [0, 0.05) is 32.4 Å². The zero-order valence-corrected chi connectivity index (χ0v) is 21.8. The highest BCUT2D eigenvalue weighted by atomic mass is 127. The van der Waals surface area contributed by atoms with Crippen LogP contribution >= 0.6 is 24.0 Å². The lowest BCUT2D eigenvalue weighted by Gasteiger charge is -2.24. The van der Waals surface area contributed by atoms with Gasteiger partial charge in [0.1, 0.15) is 12.4 Å². The Bertz CT molecular complexity index is 752. The molecule has 1 aliphatic heterocycles. The molecule has 1 aromatic carbocycles. The van der Waals surface area contributed by atoms with Crippen LogP contribution in [0.15, 0.2) is 34.2 Å². The van der Waals surface area contributed by atoms with E-state index in [4.69, 9.17) is 9.73 Å². The summed E-state index contributed by atoms with van der Waals surface area (Å²) in [4.78, 5) is 9.85. The fraction of sp³-hybridized carbons (Fsp3) is 0.667. The molecule has 1 atom stereocenters. The Morgan fingerprint density at radius 2 is 1.90 bits per heavy atom. The number of hydrogen-bond acceptors (Lipinski definition) is 5. The van der Waals surface area contributed by atoms with Crippen LogP contribution < -0.4 is 10.1 Å². The Labute approximate surface area is 199 Å². The number of hydrogen-bond donors (Lipinski definition) is 1. The summed E-state index contributed by atoms with van der Waals surface area (Å²) in [7, 11) is -3.18. The molecule has 0 saturated carbocycles. The van der Waals surface area contributed by atoms with E-state index in [9.17, 15) is 8.42 Å². The molecule has 1 N–H and O–H groups in total. The first-order valence-corrected chi connectivity index (χ1v) is 12.4. The lowest BCUT2D eigenvalue weighted by Crippen LogP contribution is -2.41. The van der Waals surface area contributed by atoms with Gasteiger partial charge in [-0.15, -0.1) is 24.0 Å². The molecule has 0 spiro atoms. The van der Waals surface area contributed by atoms with Crippen molar-refractivity contribution in [1.82, 2.24) is 15.1 Å². The summed E-state index contributed by atoms with van der Waals surface area (Å²) in [6.07, 6.45) is 2.40. The number of nitrogens with one attached hydrogen (secondary N) is 1. The Balaban J connectivity index is 0.00000450. The van der Waals surface area contributed by atoms with E-state index in [1.54, 1.807) is 24.3 Å². The van der Waals surface area contributed by atoms with E-state index in [1.165, 1.54) is 12.7 Å². The molecule has 0 bridgehead atoms. The molecule has 2 rings (SSSR count). The van der Waals surface area contributed by atoms with Gasteiger partial charge in [-0.05, 0) is 56.6 Å². The van der Waals surface area contributed by atoms with E-state index in [2.05, 4.69) is 35.9 Å². The second-order valence-corrected chi connectivity index (χ2v) is 9.43. The molecular formula is C21H37IN4O3S. The van der Waals surface area contributed by atoms with E-state index >= 15 is 0 Å². The minimum absolute atomic E-state index is 0. The van der Waals surface area contributed by atoms with Crippen molar-refractivity contribution >= 4 is 39.8 Å². The maximum atomic E-state index is 11.5. The first-order chi connectivity index (χ1) is 13.9. The van der Waals surface area contributed by atoms with Gasteiger partial charge in [-0.1, -0.05) is 13.8 Å². The fourth-order valence-corrected chi connectivity index (χ4v) is 4.18. The predicted molar refractivity (Wildman–Crippen MR) is 134 cm³/mol. The molecule has 1 saturated heterocycles. The lowest BCUT2D eigenvalue weighted by atomic mass is 10.1. The van der Waals surface area contributed by atoms with Crippen LogP contribution in [0.25, 0.3) is 0 Å². The number of benzene rings is 1. The third-order valence-electron chi connectivity index (χ3n) is 5.20. The second kappa shape index (κ2) is 13.4. The number of ether oxygens (including phenoxy) is 1. The molecule has 1 heterocycles. The lowest BCUT2D eigenvalue weighted by molar-refractivity contribution is 0.255. The third kappa shape index (κ3) is 8.58. The first-order valence-electron chi connectivity index (χ1n) is 10.6. The topological polar surface area (TPSA) is 74.2 Å². The van der Waals surface area contributed by atoms with Crippen molar-refractivity contribution in [3.63, 3.8) is 0 Å². The van der Waals surface area contributed by atoms with Crippen molar-refractivity contribution in [1.29, 1.82) is 0 Å². The number of halogens is 1. The van der Waals surface area contributed by atoms with E-state index in [0.29, 0.717) is 29.7 Å². The highest BCUT2D eigenvalue weighted by molar-refractivity contribution is 14.0. The Hall–Kier alpha value is -1.07. The Morgan fingerprint density at radius 1 is 1.23 bits per heavy atom. The highest BCUT2D eigenvalue weighted by Gasteiger charge is 2.25. The van der Waals surface area contributed by atoms with Crippen LogP contribution in [0, 0.1) is 5.92 Å². The van der Waals surface area contributed by atoms with Crippen molar-refractivity contribution in [2.75, 3.05) is 58.7 Å². The SMILES string of the molecule is CCNC(=NCCOc1ccc(S(C)(=O)=O)cc1)N1CCC(CN(CC)CC)C1.I. The summed E-state index contributed by atoms with van der Waals surface area (Å²) >= 11 is 0. The Morgan fingerprint density at radius 3 is 2.47 bits per heavy atom. The van der Waals surface area contributed by atoms with Crippen molar-refractivity contribution < 1.29 is 13.2 Å². The third-order valence-corrected chi connectivity index (χ3v) is 6.33. The predicted octanol–water partition coefficient (Wildman–Crippen LogP) is 2.72. The summed E-state index contributed by atoms with van der Waals surface area (Å²) in [6, 6.07) is 6.50. The van der Waals surface area contributed by atoms with Gasteiger partial charge in [-0.3, -0.25) is 0 Å². The van der Waals surface area contributed by atoms with Crippen molar-refractivity contribution in [2.45, 2.75) is 32.1 Å². The number of rotatable bonds is 10. The summed E-state index contributed by atoms with van der Waals surface area (Å²) in [5.74, 6) is 2.28. The number of aliphatic imine (C=N–C) groups is 1. The van der Waals surface area contributed by atoms with Gasteiger partial charge in [0.05, 0.1) is 11.4 Å². The van der Waals surface area contributed by atoms with Gasteiger partial charge < -0.3 is 19.9 Å². The van der Waals surface area contributed by atoms with Gasteiger partial charge in [-0.2, -0.15) is 0 Å². The minimum Gasteiger partial charge on any atom is -0.492 e. The van der Waals surface area contributed by atoms with E-state index in [1.807, 2.05) is 0 Å². The van der Waals surface area contributed by atoms with Gasteiger partial charge in [0.2, 0.25) is 0 Å². The quantitative estimate of drug-likeness (QED) is 0.208. The fourth-order valence-electron chi connectivity index (χ4n) is 3.54. The molecule has 0 aromatic heterocycles. The molecule has 0 aliphatic carbocycles. The monoisotopic (exact) mass is 552 g/mol. The van der Waals surface area contributed by atoms with Gasteiger partial charge in [0.25, 0.3) is 0 Å². The molecule has 1 aromatic rings. The standard InChI is InChI=1S/C21H36N4O3S.HI/c1-5-22-21(25-14-12-18(17-25)16-24(6-2)7-3)23-13-15-28-19-8-10-20(11-9-19)29(4,26)27;/h8-11,18H,5-7,12-17H2,1-4H3,(H,22,23);1H. The first kappa shape index (κ1) is 27.0. The van der Waals surface area contributed by atoms with Crippen LogP contribution in [0.5, 0.6) is 5.75 Å². The second-order valence-electron chi connectivity index (χ2n) is 7.41. The zero-order chi connectivity index (χ0) is 21.3. The maximum Gasteiger partial charge on any atom is 0.194 e. The molecule has 30 heavy (non-hydrogen) atoms. The number of sulfone groups is 1. The van der Waals surface area contributed by atoms with Crippen molar-refractivity contribution in [3.8, 4) is 5.75 Å². The highest BCUT2D eigenvalue weighted by Crippen LogP contribution is 2.18. The molecule has 1 fully saturated rings. The summed E-state index contributed by atoms with van der Waals surface area (Å²) in [5, 5.41) is 3.39. The van der Waals surface area contributed by atoms with E-state index in [0.717, 1.165) is 45.2 Å². The van der Waals surface area contributed by atoms with Crippen LogP contribution in [0.3, 0.4) is 0 Å². The molecule has 172 valence electrons. The zero-order valence-electron chi connectivity index (χ0n) is 18.6. The van der Waals surface area contributed by atoms with E-state index < -0.39 is 9.84 Å². The molecule has 0 amide bonds. The van der Waals surface area contributed by atoms with Crippen LogP contribution in [-0.4, -0.2) is 82.9 Å². The van der Waals surface area contributed by atoms with Gasteiger partial charge in [-0.25, -0.2) is 13.4 Å². The smallest absolute Gasteiger partial charge is 0.194 e. The van der Waals surface area contributed by atoms with Crippen LogP contribution in [0.2, 0.25) is 0 Å². The molecule has 7 nitrogen and oxygen atoms in total. The normalized spacial score (nSPS) is 17.2. The number of guanidine groups is 1. The maximum absolute atomic E-state index is 11.5. The van der Waals surface area contributed by atoms with Crippen LogP contribution in [-0.2, 0) is 9.84 Å². The summed E-state index contributed by atoms with van der Waals surface area (Å²) < 4.78 is 28.7. The molecule has 0 radical (unpaired) electrons. The van der Waals surface area contributed by atoms with Crippen molar-refractivity contribution in [3.05, 3.63) is 24.3 Å².